The van der Waals surface area contributed by atoms with Crippen molar-refractivity contribution in [1.29, 1.82) is 0 Å². The molecule has 0 N–H and O–H groups in total. The minimum atomic E-state index is -0.784. The van der Waals surface area contributed by atoms with Crippen LogP contribution in [-0.4, -0.2) is 30.9 Å². The molecular weight excluding hydrogens is 439 g/mol. The third-order valence-electron chi connectivity index (χ3n) is 3.73. The molecule has 0 aliphatic rings. The van der Waals surface area contributed by atoms with Gasteiger partial charge in [-0.3, -0.25) is 4.79 Å². The molecule has 29 heavy (non-hydrogen) atoms. The second-order valence-electron chi connectivity index (χ2n) is 5.70. The molecule has 5 nitrogen and oxygen atoms in total. The molecule has 0 aliphatic heterocycles. The highest BCUT2D eigenvalue weighted by Gasteiger charge is 2.21. The summed E-state index contributed by atoms with van der Waals surface area (Å²) < 4.78 is 9.79. The Hall–Kier alpha value is -2.34. The lowest BCUT2D eigenvalue weighted by Gasteiger charge is -2.08. The predicted molar refractivity (Wildman–Crippen MR) is 113 cm³/mol. The standard InChI is InChI=1S/C21H17Cl3O5/c1-3-28-20(26)15(21(27)29-4-2)9-12-5-7-13(8-6-12)19(25)14-10-17(23)18(24)11-16(14)22/h5-11H,3-4H2,1-2H3. The van der Waals surface area contributed by atoms with Crippen LogP contribution in [0.15, 0.2) is 42.0 Å². The number of hydrogen-bond acceptors (Lipinski definition) is 5. The number of carbonyl (C=O) groups is 3. The van der Waals surface area contributed by atoms with Gasteiger partial charge in [0.15, 0.2) is 5.78 Å². The van der Waals surface area contributed by atoms with E-state index in [-0.39, 0.29) is 45.2 Å². The zero-order valence-corrected chi connectivity index (χ0v) is 17.9. The third-order valence-corrected chi connectivity index (χ3v) is 4.76. The molecule has 152 valence electrons. The number of hydrogen-bond donors (Lipinski definition) is 0. The number of esters is 2. The monoisotopic (exact) mass is 454 g/mol. The van der Waals surface area contributed by atoms with Crippen molar-refractivity contribution in [3.05, 3.63) is 73.7 Å². The highest BCUT2D eigenvalue weighted by molar-refractivity contribution is 6.44. The molecular formula is C21H17Cl3O5. The highest BCUT2D eigenvalue weighted by atomic mass is 35.5. The number of carbonyl (C=O) groups excluding carboxylic acids is 3. The second-order valence-corrected chi connectivity index (χ2v) is 6.92. The van der Waals surface area contributed by atoms with Crippen molar-refractivity contribution in [3.63, 3.8) is 0 Å². The summed E-state index contributed by atoms with van der Waals surface area (Å²) >= 11 is 18.0. The lowest BCUT2D eigenvalue weighted by Crippen LogP contribution is -2.18. The number of ketones is 1. The molecule has 2 rings (SSSR count). The summed E-state index contributed by atoms with van der Waals surface area (Å²) in [6, 6.07) is 9.05. The molecule has 0 saturated heterocycles. The largest absolute Gasteiger partial charge is 0.462 e. The van der Waals surface area contributed by atoms with Crippen LogP contribution in [0.3, 0.4) is 0 Å². The number of rotatable bonds is 7. The quantitative estimate of drug-likeness (QED) is 0.140. The second kappa shape index (κ2) is 10.4. The molecule has 2 aromatic rings. The van der Waals surface area contributed by atoms with Gasteiger partial charge in [0.1, 0.15) is 5.57 Å². The Balaban J connectivity index is 2.33. The maximum Gasteiger partial charge on any atom is 0.345 e. The summed E-state index contributed by atoms with van der Waals surface area (Å²) in [5, 5.41) is 0.645. The van der Waals surface area contributed by atoms with Crippen molar-refractivity contribution in [2.75, 3.05) is 13.2 Å². The van der Waals surface area contributed by atoms with Crippen molar-refractivity contribution in [2.45, 2.75) is 13.8 Å². The van der Waals surface area contributed by atoms with E-state index in [4.69, 9.17) is 44.3 Å². The number of ether oxygens (including phenoxy) is 2. The van der Waals surface area contributed by atoms with Crippen molar-refractivity contribution in [2.24, 2.45) is 0 Å². The lowest BCUT2D eigenvalue weighted by atomic mass is 10.0. The Labute approximate surface area is 183 Å². The Morgan fingerprint density at radius 1 is 0.828 bits per heavy atom. The van der Waals surface area contributed by atoms with Crippen LogP contribution in [0.1, 0.15) is 35.3 Å². The summed E-state index contributed by atoms with van der Waals surface area (Å²) in [6.07, 6.45) is 1.34. The molecule has 8 heteroatoms. The zero-order chi connectivity index (χ0) is 21.6. The molecule has 2 aromatic carbocycles. The van der Waals surface area contributed by atoms with E-state index >= 15 is 0 Å². The van der Waals surface area contributed by atoms with E-state index in [1.54, 1.807) is 38.1 Å². The summed E-state index contributed by atoms with van der Waals surface area (Å²) in [4.78, 5) is 36.8. The number of benzene rings is 2. The fourth-order valence-corrected chi connectivity index (χ4v) is 3.00. The van der Waals surface area contributed by atoms with Crippen LogP contribution in [0.5, 0.6) is 0 Å². The van der Waals surface area contributed by atoms with Crippen LogP contribution in [0.2, 0.25) is 15.1 Å². The Morgan fingerprint density at radius 3 is 1.86 bits per heavy atom. The summed E-state index contributed by atoms with van der Waals surface area (Å²) in [6.45, 7) is 3.51. The Bertz CT molecular complexity index is 945. The van der Waals surface area contributed by atoms with E-state index in [2.05, 4.69) is 0 Å². The molecule has 0 fully saturated rings. The summed E-state index contributed by atoms with van der Waals surface area (Å²) in [5.41, 5.74) is 0.831. The molecule has 0 aliphatic carbocycles. The maximum atomic E-state index is 12.7. The number of halogens is 3. The first-order valence-electron chi connectivity index (χ1n) is 8.63. The molecule has 0 aromatic heterocycles. The molecule has 0 unspecified atom stereocenters. The van der Waals surface area contributed by atoms with Crippen molar-refractivity contribution in [1.82, 2.24) is 0 Å². The van der Waals surface area contributed by atoms with Crippen LogP contribution >= 0.6 is 34.8 Å². The van der Waals surface area contributed by atoms with E-state index in [1.807, 2.05) is 0 Å². The van der Waals surface area contributed by atoms with Crippen molar-refractivity contribution < 1.29 is 23.9 Å². The van der Waals surface area contributed by atoms with E-state index in [0.29, 0.717) is 11.1 Å². The van der Waals surface area contributed by atoms with E-state index in [9.17, 15) is 14.4 Å². The lowest BCUT2D eigenvalue weighted by molar-refractivity contribution is -0.146. The molecule has 0 atom stereocenters. The minimum Gasteiger partial charge on any atom is -0.462 e. The van der Waals surface area contributed by atoms with E-state index in [0.717, 1.165) is 0 Å². The van der Waals surface area contributed by atoms with Gasteiger partial charge in [0.2, 0.25) is 0 Å². The van der Waals surface area contributed by atoms with E-state index in [1.165, 1.54) is 18.2 Å². The van der Waals surface area contributed by atoms with Gasteiger partial charge in [0.25, 0.3) is 0 Å². The molecule has 0 spiro atoms. The first kappa shape index (κ1) is 22.9. The maximum absolute atomic E-state index is 12.7. The fraction of sp³-hybridized carbons (Fsp3) is 0.190. The van der Waals surface area contributed by atoms with Crippen LogP contribution < -0.4 is 0 Å². The average Bonchev–Trinajstić information content (AvgIpc) is 2.69. The van der Waals surface area contributed by atoms with Crippen LogP contribution in [0.25, 0.3) is 6.08 Å². The van der Waals surface area contributed by atoms with Gasteiger partial charge in [-0.1, -0.05) is 59.1 Å². The van der Waals surface area contributed by atoms with Crippen LogP contribution in [-0.2, 0) is 19.1 Å². The Morgan fingerprint density at radius 2 is 1.34 bits per heavy atom. The molecule has 0 saturated carbocycles. The van der Waals surface area contributed by atoms with Gasteiger partial charge >= 0.3 is 11.9 Å². The normalized spacial score (nSPS) is 10.2. The van der Waals surface area contributed by atoms with E-state index < -0.39 is 11.9 Å². The minimum absolute atomic E-state index is 0.118. The van der Waals surface area contributed by atoms with Gasteiger partial charge < -0.3 is 9.47 Å². The summed E-state index contributed by atoms with van der Waals surface area (Å²) in [7, 11) is 0. The molecule has 0 amide bonds. The third kappa shape index (κ3) is 5.82. The fourth-order valence-electron chi connectivity index (χ4n) is 2.37. The van der Waals surface area contributed by atoms with Gasteiger partial charge in [0, 0.05) is 11.1 Å². The topological polar surface area (TPSA) is 69.7 Å². The van der Waals surface area contributed by atoms with Crippen LogP contribution in [0.4, 0.5) is 0 Å². The van der Waals surface area contributed by atoms with Crippen molar-refractivity contribution >= 4 is 58.6 Å². The first-order valence-corrected chi connectivity index (χ1v) is 9.77. The molecule has 0 bridgehead atoms. The van der Waals surface area contributed by atoms with Crippen molar-refractivity contribution in [3.8, 4) is 0 Å². The zero-order valence-electron chi connectivity index (χ0n) is 15.6. The van der Waals surface area contributed by atoms with Crippen LogP contribution in [0, 0.1) is 0 Å². The Kier molecular flexibility index (Phi) is 8.26. The van der Waals surface area contributed by atoms with Gasteiger partial charge in [-0.25, -0.2) is 9.59 Å². The van der Waals surface area contributed by atoms with Gasteiger partial charge in [-0.2, -0.15) is 0 Å². The summed E-state index contributed by atoms with van der Waals surface area (Å²) in [5.74, 6) is -1.91. The van der Waals surface area contributed by atoms with Gasteiger partial charge in [0.05, 0.1) is 28.3 Å². The van der Waals surface area contributed by atoms with Gasteiger partial charge in [-0.15, -0.1) is 0 Å². The SMILES string of the molecule is CCOC(=O)C(=Cc1ccc(C(=O)c2cc(Cl)c(Cl)cc2Cl)cc1)C(=O)OCC. The average molecular weight is 456 g/mol. The molecule has 0 radical (unpaired) electrons. The molecule has 0 heterocycles. The predicted octanol–water partition coefficient (Wildman–Crippen LogP) is 5.39. The van der Waals surface area contributed by atoms with Gasteiger partial charge in [-0.05, 0) is 37.6 Å². The smallest absolute Gasteiger partial charge is 0.345 e. The highest BCUT2D eigenvalue weighted by Crippen LogP contribution is 2.30. The first-order chi connectivity index (χ1) is 13.8.